The Kier molecular flexibility index (Phi) is 2.15. The molecule has 80 valence electrons. The molecular weight excluding hydrogens is 238 g/mol. The summed E-state index contributed by atoms with van der Waals surface area (Å²) in [6, 6.07) is 4.07. The number of anilines is 1. The fraction of sp³-hybridized carbons (Fsp3) is 0.0909. The normalized spacial score (nSPS) is 11.1. The van der Waals surface area contributed by atoms with Crippen LogP contribution >= 0.6 is 22.7 Å². The highest BCUT2D eigenvalue weighted by atomic mass is 32.1. The van der Waals surface area contributed by atoms with E-state index in [0.717, 1.165) is 25.8 Å². The topological polar surface area (TPSA) is 51.8 Å². The minimum Gasteiger partial charge on any atom is -0.390 e. The highest BCUT2D eigenvalue weighted by molar-refractivity contribution is 7.22. The Morgan fingerprint density at radius 1 is 1.31 bits per heavy atom. The highest BCUT2D eigenvalue weighted by Gasteiger charge is 2.11. The van der Waals surface area contributed by atoms with E-state index in [0.29, 0.717) is 0 Å². The van der Waals surface area contributed by atoms with Crippen LogP contribution in [-0.4, -0.2) is 9.97 Å². The molecule has 0 aliphatic carbocycles. The van der Waals surface area contributed by atoms with Crippen molar-refractivity contribution in [3.8, 4) is 10.6 Å². The van der Waals surface area contributed by atoms with Crippen molar-refractivity contribution < 1.29 is 0 Å². The molecule has 0 aliphatic rings. The van der Waals surface area contributed by atoms with E-state index in [-0.39, 0.29) is 0 Å². The molecule has 16 heavy (non-hydrogen) atoms. The van der Waals surface area contributed by atoms with E-state index in [1.54, 1.807) is 35.1 Å². The molecule has 0 spiro atoms. The zero-order valence-corrected chi connectivity index (χ0v) is 10.2. The summed E-state index contributed by atoms with van der Waals surface area (Å²) in [5.74, 6) is 0. The average molecular weight is 247 g/mol. The van der Waals surface area contributed by atoms with Gasteiger partial charge in [0.2, 0.25) is 0 Å². The first-order valence-corrected chi connectivity index (χ1v) is 6.44. The number of pyridine rings is 1. The Bertz CT molecular complexity index is 621. The second-order valence-corrected chi connectivity index (χ2v) is 5.82. The monoisotopic (exact) mass is 247 g/mol. The second kappa shape index (κ2) is 3.54. The Labute approximate surface area is 101 Å². The lowest BCUT2D eigenvalue weighted by atomic mass is 10.3. The van der Waals surface area contributed by atoms with Crippen LogP contribution < -0.4 is 5.73 Å². The molecule has 0 aliphatic heterocycles. The SMILES string of the molecule is Cc1cc(-c2nc3cnccc3s2)c(N)s1. The quantitative estimate of drug-likeness (QED) is 0.717. The Morgan fingerprint density at radius 2 is 2.19 bits per heavy atom. The molecule has 3 aromatic rings. The molecule has 0 atom stereocenters. The summed E-state index contributed by atoms with van der Waals surface area (Å²) in [5.41, 5.74) is 7.95. The van der Waals surface area contributed by atoms with Gasteiger partial charge in [0.25, 0.3) is 0 Å². The first-order valence-electron chi connectivity index (χ1n) is 4.81. The number of nitrogen functional groups attached to an aromatic ring is 1. The standard InChI is InChI=1S/C11H9N3S2/c1-6-4-7(10(12)15-6)11-14-8-5-13-3-2-9(8)16-11/h2-5H,12H2,1H3. The Morgan fingerprint density at radius 3 is 2.88 bits per heavy atom. The third-order valence-corrected chi connectivity index (χ3v) is 4.25. The zero-order valence-electron chi connectivity index (χ0n) is 8.60. The van der Waals surface area contributed by atoms with Crippen LogP contribution in [0.25, 0.3) is 20.8 Å². The van der Waals surface area contributed by atoms with Crippen molar-refractivity contribution in [2.75, 3.05) is 5.73 Å². The van der Waals surface area contributed by atoms with Gasteiger partial charge in [-0.2, -0.15) is 0 Å². The van der Waals surface area contributed by atoms with Crippen molar-refractivity contribution in [3.63, 3.8) is 0 Å². The maximum atomic E-state index is 5.96. The van der Waals surface area contributed by atoms with Crippen LogP contribution in [-0.2, 0) is 0 Å². The minimum atomic E-state index is 0.838. The predicted octanol–water partition coefficient (Wildman–Crippen LogP) is 3.31. The molecule has 3 nitrogen and oxygen atoms in total. The molecule has 3 heterocycles. The van der Waals surface area contributed by atoms with Crippen molar-refractivity contribution in [1.29, 1.82) is 0 Å². The molecule has 3 rings (SSSR count). The number of aromatic nitrogens is 2. The smallest absolute Gasteiger partial charge is 0.127 e. The van der Waals surface area contributed by atoms with Crippen molar-refractivity contribution in [2.45, 2.75) is 6.92 Å². The number of thiophene rings is 1. The van der Waals surface area contributed by atoms with E-state index in [1.807, 2.05) is 6.07 Å². The van der Waals surface area contributed by atoms with Crippen molar-refractivity contribution in [3.05, 3.63) is 29.4 Å². The molecule has 0 amide bonds. The maximum Gasteiger partial charge on any atom is 0.127 e. The lowest BCUT2D eigenvalue weighted by molar-refractivity contribution is 1.34. The van der Waals surface area contributed by atoms with E-state index in [9.17, 15) is 0 Å². The molecule has 0 saturated carbocycles. The number of aryl methyl sites for hydroxylation is 1. The summed E-state index contributed by atoms with van der Waals surface area (Å²) in [4.78, 5) is 9.82. The lowest BCUT2D eigenvalue weighted by Gasteiger charge is -1.90. The fourth-order valence-corrected chi connectivity index (χ4v) is 3.41. The van der Waals surface area contributed by atoms with Gasteiger partial charge in [-0.15, -0.1) is 22.7 Å². The van der Waals surface area contributed by atoms with Gasteiger partial charge in [0.15, 0.2) is 0 Å². The zero-order chi connectivity index (χ0) is 11.1. The van der Waals surface area contributed by atoms with Gasteiger partial charge in [-0.05, 0) is 19.1 Å². The van der Waals surface area contributed by atoms with Crippen LogP contribution in [0.2, 0.25) is 0 Å². The highest BCUT2D eigenvalue weighted by Crippen LogP contribution is 2.37. The van der Waals surface area contributed by atoms with Crippen LogP contribution in [0.4, 0.5) is 5.00 Å². The van der Waals surface area contributed by atoms with Gasteiger partial charge in [-0.25, -0.2) is 4.98 Å². The van der Waals surface area contributed by atoms with Crippen LogP contribution in [0.3, 0.4) is 0 Å². The summed E-state index contributed by atoms with van der Waals surface area (Å²) in [6.07, 6.45) is 3.57. The van der Waals surface area contributed by atoms with Crippen LogP contribution in [0.15, 0.2) is 24.5 Å². The third-order valence-electron chi connectivity index (χ3n) is 2.30. The van der Waals surface area contributed by atoms with Crippen LogP contribution in [0.1, 0.15) is 4.88 Å². The van der Waals surface area contributed by atoms with Gasteiger partial charge in [0, 0.05) is 16.6 Å². The molecule has 2 N–H and O–H groups in total. The van der Waals surface area contributed by atoms with E-state index in [1.165, 1.54) is 4.88 Å². The molecule has 0 aromatic carbocycles. The van der Waals surface area contributed by atoms with Gasteiger partial charge in [0.1, 0.15) is 10.5 Å². The van der Waals surface area contributed by atoms with E-state index < -0.39 is 0 Å². The minimum absolute atomic E-state index is 0.838. The molecular formula is C11H9N3S2. The van der Waals surface area contributed by atoms with Gasteiger partial charge in [0.05, 0.1) is 15.9 Å². The molecule has 5 heteroatoms. The summed E-state index contributed by atoms with van der Waals surface area (Å²) < 4.78 is 1.15. The van der Waals surface area contributed by atoms with E-state index in [2.05, 4.69) is 23.0 Å². The van der Waals surface area contributed by atoms with Crippen LogP contribution in [0, 0.1) is 6.92 Å². The Balaban J connectivity index is 2.22. The van der Waals surface area contributed by atoms with Crippen molar-refractivity contribution >= 4 is 37.9 Å². The number of rotatable bonds is 1. The largest absolute Gasteiger partial charge is 0.390 e. The van der Waals surface area contributed by atoms with Gasteiger partial charge < -0.3 is 5.73 Å². The Hall–Kier alpha value is -1.46. The fourth-order valence-electron chi connectivity index (χ4n) is 1.59. The van der Waals surface area contributed by atoms with Gasteiger partial charge >= 0.3 is 0 Å². The van der Waals surface area contributed by atoms with Crippen molar-refractivity contribution in [1.82, 2.24) is 9.97 Å². The molecule has 0 saturated heterocycles. The number of fused-ring (bicyclic) bond motifs is 1. The summed E-state index contributed by atoms with van der Waals surface area (Å²) in [7, 11) is 0. The first kappa shape index (κ1) is 9.74. The maximum absolute atomic E-state index is 5.96. The van der Waals surface area contributed by atoms with E-state index in [4.69, 9.17) is 5.73 Å². The first-order chi connectivity index (χ1) is 7.74. The van der Waals surface area contributed by atoms with Crippen LogP contribution in [0.5, 0.6) is 0 Å². The number of nitrogens with two attached hydrogens (primary N) is 1. The predicted molar refractivity (Wildman–Crippen MR) is 69.9 cm³/mol. The summed E-state index contributed by atoms with van der Waals surface area (Å²) in [6.45, 7) is 2.05. The number of hydrogen-bond acceptors (Lipinski definition) is 5. The van der Waals surface area contributed by atoms with Gasteiger partial charge in [-0.1, -0.05) is 0 Å². The molecule has 0 radical (unpaired) electrons. The number of nitrogens with zero attached hydrogens (tertiary/aromatic N) is 2. The number of thiazole rings is 1. The molecule has 0 bridgehead atoms. The third kappa shape index (κ3) is 1.48. The molecule has 0 unspecified atom stereocenters. The average Bonchev–Trinajstić information content (AvgIpc) is 2.81. The lowest BCUT2D eigenvalue weighted by Crippen LogP contribution is -1.81. The van der Waals surface area contributed by atoms with Gasteiger partial charge in [-0.3, -0.25) is 4.98 Å². The molecule has 3 aromatic heterocycles. The summed E-state index contributed by atoms with van der Waals surface area (Å²) >= 11 is 3.26. The summed E-state index contributed by atoms with van der Waals surface area (Å²) in [5, 5.41) is 1.81. The number of hydrogen-bond donors (Lipinski definition) is 1. The molecule has 0 fully saturated rings. The second-order valence-electron chi connectivity index (χ2n) is 3.50. The van der Waals surface area contributed by atoms with Crippen molar-refractivity contribution in [2.24, 2.45) is 0 Å². The van der Waals surface area contributed by atoms with E-state index >= 15 is 0 Å².